The van der Waals surface area contributed by atoms with Crippen LogP contribution in [0.15, 0.2) is 47.3 Å². The summed E-state index contributed by atoms with van der Waals surface area (Å²) in [6.45, 7) is -0.150. The molecule has 0 radical (unpaired) electrons. The summed E-state index contributed by atoms with van der Waals surface area (Å²) in [4.78, 5) is 23.4. The Morgan fingerprint density at radius 1 is 1.29 bits per heavy atom. The third-order valence-electron chi connectivity index (χ3n) is 3.14. The molecule has 0 saturated heterocycles. The molecule has 2 aromatic rings. The van der Waals surface area contributed by atoms with Crippen molar-refractivity contribution in [2.45, 2.75) is 6.10 Å². The van der Waals surface area contributed by atoms with E-state index in [1.165, 1.54) is 48.0 Å². The maximum absolute atomic E-state index is 13.5. The van der Waals surface area contributed by atoms with Crippen LogP contribution in [-0.2, 0) is 7.05 Å². The first-order valence-corrected chi connectivity index (χ1v) is 6.37. The number of amides is 1. The van der Waals surface area contributed by atoms with Crippen LogP contribution in [0.2, 0.25) is 0 Å². The number of aromatic nitrogens is 1. The Hall–Kier alpha value is -2.47. The van der Waals surface area contributed by atoms with Gasteiger partial charge in [0.2, 0.25) is 0 Å². The molecule has 0 aliphatic rings. The van der Waals surface area contributed by atoms with Gasteiger partial charge in [0.15, 0.2) is 0 Å². The Morgan fingerprint density at radius 2 is 2.00 bits per heavy atom. The molecule has 0 spiro atoms. The molecule has 1 aromatic heterocycles. The van der Waals surface area contributed by atoms with E-state index in [0.29, 0.717) is 0 Å². The van der Waals surface area contributed by atoms with Crippen LogP contribution in [0, 0.1) is 5.82 Å². The summed E-state index contributed by atoms with van der Waals surface area (Å²) in [5, 5.41) is 12.4. The predicted octanol–water partition coefficient (Wildman–Crippen LogP) is 0.988. The van der Waals surface area contributed by atoms with Gasteiger partial charge in [-0.2, -0.15) is 0 Å². The van der Waals surface area contributed by atoms with Gasteiger partial charge in [0, 0.05) is 25.2 Å². The number of nitrogens with zero attached hydrogens (tertiary/aromatic N) is 1. The summed E-state index contributed by atoms with van der Waals surface area (Å²) in [6, 6.07) is 10.1. The van der Waals surface area contributed by atoms with Gasteiger partial charge >= 0.3 is 0 Å². The van der Waals surface area contributed by atoms with Gasteiger partial charge in [-0.1, -0.05) is 24.3 Å². The number of halogens is 1. The van der Waals surface area contributed by atoms with Gasteiger partial charge in [-0.15, -0.1) is 0 Å². The van der Waals surface area contributed by atoms with Gasteiger partial charge in [-0.05, 0) is 12.1 Å². The highest BCUT2D eigenvalue weighted by molar-refractivity contribution is 5.92. The Kier molecular flexibility index (Phi) is 4.49. The summed E-state index contributed by atoms with van der Waals surface area (Å²) < 4.78 is 14.7. The van der Waals surface area contributed by atoms with Crippen molar-refractivity contribution in [1.82, 2.24) is 9.88 Å². The third-order valence-corrected chi connectivity index (χ3v) is 3.14. The first-order chi connectivity index (χ1) is 10.0. The van der Waals surface area contributed by atoms with Crippen molar-refractivity contribution >= 4 is 5.91 Å². The second-order valence-corrected chi connectivity index (χ2v) is 4.56. The summed E-state index contributed by atoms with van der Waals surface area (Å²) in [6.07, 6.45) is -1.16. The molecule has 0 aliphatic carbocycles. The van der Waals surface area contributed by atoms with E-state index in [1.54, 1.807) is 6.07 Å². The first-order valence-electron chi connectivity index (χ1n) is 6.37. The van der Waals surface area contributed by atoms with Crippen molar-refractivity contribution in [3.05, 3.63) is 69.9 Å². The molecule has 1 amide bonds. The number of carbonyl (C=O) groups is 1. The number of nitrogens with one attached hydrogen (secondary N) is 1. The Labute approximate surface area is 120 Å². The second kappa shape index (κ2) is 6.32. The van der Waals surface area contributed by atoms with E-state index >= 15 is 0 Å². The van der Waals surface area contributed by atoms with Gasteiger partial charge in [-0.3, -0.25) is 9.59 Å². The summed E-state index contributed by atoms with van der Waals surface area (Å²) in [7, 11) is 1.48. The number of rotatable bonds is 4. The number of carbonyl (C=O) groups excluding carboxylic acids is 1. The normalized spacial score (nSPS) is 12.0. The quantitative estimate of drug-likeness (QED) is 0.882. The molecule has 0 saturated carbocycles. The monoisotopic (exact) mass is 290 g/mol. The minimum absolute atomic E-state index is 0.111. The average molecular weight is 290 g/mol. The summed E-state index contributed by atoms with van der Waals surface area (Å²) in [5.74, 6) is -1.04. The largest absolute Gasteiger partial charge is 0.386 e. The highest BCUT2D eigenvalue weighted by atomic mass is 19.1. The minimum atomic E-state index is -1.16. The van der Waals surface area contributed by atoms with Crippen LogP contribution >= 0.6 is 0 Å². The van der Waals surface area contributed by atoms with E-state index in [0.717, 1.165) is 0 Å². The molecule has 1 aromatic carbocycles. The summed E-state index contributed by atoms with van der Waals surface area (Å²) >= 11 is 0. The number of hydrogen-bond acceptors (Lipinski definition) is 3. The van der Waals surface area contributed by atoms with Crippen LogP contribution in [0.25, 0.3) is 0 Å². The van der Waals surface area contributed by atoms with Gasteiger partial charge in [0.1, 0.15) is 11.5 Å². The van der Waals surface area contributed by atoms with Crippen molar-refractivity contribution in [1.29, 1.82) is 0 Å². The molecule has 2 N–H and O–H groups in total. The van der Waals surface area contributed by atoms with Crippen LogP contribution in [0.1, 0.15) is 22.2 Å². The van der Waals surface area contributed by atoms with Crippen LogP contribution < -0.4 is 10.9 Å². The van der Waals surface area contributed by atoms with Crippen molar-refractivity contribution in [3.63, 3.8) is 0 Å². The SMILES string of the molecule is Cn1c(C(=O)NCC(O)c2ccccc2F)cccc1=O. The number of benzene rings is 1. The highest BCUT2D eigenvalue weighted by Gasteiger charge is 2.15. The van der Waals surface area contributed by atoms with Crippen molar-refractivity contribution in [3.8, 4) is 0 Å². The number of pyridine rings is 1. The molecular weight excluding hydrogens is 275 g/mol. The zero-order valence-corrected chi connectivity index (χ0v) is 11.4. The van der Waals surface area contributed by atoms with Gasteiger partial charge in [-0.25, -0.2) is 4.39 Å². The molecule has 0 aliphatic heterocycles. The van der Waals surface area contributed by atoms with E-state index in [2.05, 4.69) is 5.32 Å². The van der Waals surface area contributed by atoms with Crippen molar-refractivity contribution in [2.24, 2.45) is 7.05 Å². The van der Waals surface area contributed by atoms with E-state index in [9.17, 15) is 19.1 Å². The number of aliphatic hydroxyl groups is 1. The lowest BCUT2D eigenvalue weighted by atomic mass is 10.1. The number of aliphatic hydroxyl groups excluding tert-OH is 1. The van der Waals surface area contributed by atoms with Gasteiger partial charge < -0.3 is 15.0 Å². The molecule has 1 unspecified atom stereocenters. The first kappa shape index (κ1) is 14.9. The smallest absolute Gasteiger partial charge is 0.268 e. The molecule has 21 heavy (non-hydrogen) atoms. The Morgan fingerprint density at radius 3 is 2.71 bits per heavy atom. The molecular formula is C15H15FN2O3. The lowest BCUT2D eigenvalue weighted by molar-refractivity contribution is 0.0905. The fourth-order valence-corrected chi connectivity index (χ4v) is 1.93. The number of hydrogen-bond donors (Lipinski definition) is 2. The molecule has 1 heterocycles. The Balaban J connectivity index is 2.06. The second-order valence-electron chi connectivity index (χ2n) is 4.56. The van der Waals surface area contributed by atoms with Crippen molar-refractivity contribution < 1.29 is 14.3 Å². The van der Waals surface area contributed by atoms with Crippen LogP contribution in [0.4, 0.5) is 4.39 Å². The lowest BCUT2D eigenvalue weighted by Gasteiger charge is -2.14. The maximum atomic E-state index is 13.5. The zero-order chi connectivity index (χ0) is 15.4. The molecule has 110 valence electrons. The van der Waals surface area contributed by atoms with E-state index in [4.69, 9.17) is 0 Å². The highest BCUT2D eigenvalue weighted by Crippen LogP contribution is 2.15. The molecule has 6 heteroatoms. The molecule has 0 fully saturated rings. The Bertz CT molecular complexity index is 712. The lowest BCUT2D eigenvalue weighted by Crippen LogP contribution is -2.33. The molecule has 2 rings (SSSR count). The topological polar surface area (TPSA) is 71.3 Å². The van der Waals surface area contributed by atoms with Gasteiger partial charge in [0.25, 0.3) is 11.5 Å². The predicted molar refractivity (Wildman–Crippen MR) is 75.4 cm³/mol. The minimum Gasteiger partial charge on any atom is -0.386 e. The standard InChI is InChI=1S/C15H15FN2O3/c1-18-12(7-4-8-14(18)20)15(21)17-9-13(19)10-5-2-3-6-11(10)16/h2-8,13,19H,9H2,1H3,(H,17,21). The van der Waals surface area contributed by atoms with E-state index in [1.807, 2.05) is 0 Å². The summed E-state index contributed by atoms with van der Waals surface area (Å²) in [5.41, 5.74) is -0.0275. The van der Waals surface area contributed by atoms with Crippen LogP contribution in [-0.4, -0.2) is 22.1 Å². The molecule has 5 nitrogen and oxygen atoms in total. The maximum Gasteiger partial charge on any atom is 0.268 e. The average Bonchev–Trinajstić information content (AvgIpc) is 2.47. The molecule has 1 atom stereocenters. The van der Waals surface area contributed by atoms with Crippen molar-refractivity contribution in [2.75, 3.05) is 6.54 Å². The van der Waals surface area contributed by atoms with E-state index in [-0.39, 0.29) is 23.4 Å². The fourth-order valence-electron chi connectivity index (χ4n) is 1.93. The fraction of sp³-hybridized carbons (Fsp3) is 0.200. The third kappa shape index (κ3) is 3.35. The molecule has 0 bridgehead atoms. The van der Waals surface area contributed by atoms with E-state index < -0.39 is 17.8 Å². The zero-order valence-electron chi connectivity index (χ0n) is 11.4. The van der Waals surface area contributed by atoms with Crippen LogP contribution in [0.3, 0.4) is 0 Å². The van der Waals surface area contributed by atoms with Gasteiger partial charge in [0.05, 0.1) is 6.10 Å². The van der Waals surface area contributed by atoms with Crippen LogP contribution in [0.5, 0.6) is 0 Å².